The number of carbonyl (C=O) groups excluding carboxylic acids is 9. The Hall–Kier alpha value is -8.22. The van der Waals surface area contributed by atoms with Gasteiger partial charge < -0.3 is 62.4 Å². The quantitative estimate of drug-likeness (QED) is 0.0142. The minimum Gasteiger partial charge on any atom is -0.507 e. The highest BCUT2D eigenvalue weighted by molar-refractivity contribution is 8.01. The summed E-state index contributed by atoms with van der Waals surface area (Å²) in [5.74, 6) is 7.24. The zero-order chi connectivity index (χ0) is 62.9. The largest absolute Gasteiger partial charge is 0.507 e. The number of benzene rings is 3. The fraction of sp³-hybridized carbons (Fsp3) is 0.492. The Bertz CT molecular complexity index is 3390. The van der Waals surface area contributed by atoms with Crippen LogP contribution < -0.4 is 37.6 Å². The van der Waals surface area contributed by atoms with Crippen LogP contribution in [-0.4, -0.2) is 133 Å². The lowest BCUT2D eigenvalue weighted by molar-refractivity contribution is -0.138. The molecule has 88 heavy (non-hydrogen) atoms. The van der Waals surface area contributed by atoms with Crippen molar-refractivity contribution in [2.75, 3.05) is 23.7 Å². The third-order valence-corrected chi connectivity index (χ3v) is 18.6. The molecule has 8 amide bonds. The molecule has 22 nitrogen and oxygen atoms in total. The molecule has 0 radical (unpaired) electrons. The number of hydrogen-bond donors (Lipinski definition) is 10. The summed E-state index contributed by atoms with van der Waals surface area (Å²) in [6.45, 7) is 5.13. The minimum absolute atomic E-state index is 0.0213. The molecule has 3 fully saturated rings. The SMILES string of the molecule is CC(C)[C@H](NC(=O)CCCCCN1C(=O)CC(SC2CCCCCCCC2)C1=O)C(=O)N[C@@H](CCCNC(N)=O)C(=O)Nc1ccc(COC(=O)NCc2ccc3c(c2)C(=O)c2c(O)cc4c(c2C3=O)N[C@H]2C#C/C=C\C#C[C@@H](O)[C@@]43O[C@@]23[C@@H](C)O)cc1. The highest BCUT2D eigenvalue weighted by Gasteiger charge is 2.82. The van der Waals surface area contributed by atoms with Crippen molar-refractivity contribution in [1.29, 1.82) is 0 Å². The summed E-state index contributed by atoms with van der Waals surface area (Å²) >= 11 is 1.67. The molecule has 8 atom stereocenters. The lowest BCUT2D eigenvalue weighted by Gasteiger charge is -2.37. The number of urea groups is 1. The number of thioether (sulfide) groups is 1. The number of nitrogens with one attached hydrogen (secondary N) is 6. The van der Waals surface area contributed by atoms with Crippen LogP contribution in [0.3, 0.4) is 0 Å². The van der Waals surface area contributed by atoms with E-state index in [1.165, 1.54) is 67.9 Å². The lowest BCUT2D eigenvalue weighted by atomic mass is 9.69. The van der Waals surface area contributed by atoms with Gasteiger partial charge in [-0.05, 0) is 105 Å². The zero-order valence-corrected chi connectivity index (χ0v) is 50.4. The molecular weight excluding hydrogens is 1150 g/mol. The number of ketones is 2. The molecule has 3 heterocycles. The molecule has 1 saturated carbocycles. The molecule has 9 rings (SSSR count). The monoisotopic (exact) mass is 1220 g/mol. The molecule has 23 heteroatoms. The van der Waals surface area contributed by atoms with Crippen LogP contribution in [-0.2, 0) is 52.2 Å². The molecule has 0 aromatic heterocycles. The van der Waals surface area contributed by atoms with Gasteiger partial charge in [0.05, 0.1) is 28.2 Å². The zero-order valence-electron chi connectivity index (χ0n) is 49.6. The number of allylic oxidation sites excluding steroid dienone is 2. The first-order valence-corrected chi connectivity index (χ1v) is 31.2. The van der Waals surface area contributed by atoms with Crippen LogP contribution in [0.1, 0.15) is 166 Å². The van der Waals surface area contributed by atoms with Gasteiger partial charge in [-0.2, -0.15) is 0 Å². The number of epoxide rings is 1. The number of imide groups is 1. The number of rotatable bonds is 23. The van der Waals surface area contributed by atoms with Crippen LogP contribution >= 0.6 is 11.8 Å². The van der Waals surface area contributed by atoms with Crippen LogP contribution in [0.4, 0.5) is 21.0 Å². The van der Waals surface area contributed by atoms with E-state index < -0.39 is 82.8 Å². The number of anilines is 2. The molecule has 11 N–H and O–H groups in total. The maximum atomic E-state index is 14.4. The van der Waals surface area contributed by atoms with Crippen LogP contribution in [0.15, 0.2) is 60.7 Å². The van der Waals surface area contributed by atoms with Gasteiger partial charge in [0.2, 0.25) is 29.5 Å². The fourth-order valence-electron chi connectivity index (χ4n) is 12.4. The second-order valence-electron chi connectivity index (χ2n) is 23.5. The third kappa shape index (κ3) is 14.0. The van der Waals surface area contributed by atoms with E-state index >= 15 is 0 Å². The average molecular weight is 1230 g/mol. The van der Waals surface area contributed by atoms with E-state index in [1.807, 2.05) is 0 Å². The predicted molar refractivity (Wildman–Crippen MR) is 326 cm³/mol. The van der Waals surface area contributed by atoms with Crippen molar-refractivity contribution < 1.29 is 67.9 Å². The number of phenols is 1. The van der Waals surface area contributed by atoms with E-state index in [0.29, 0.717) is 47.9 Å². The molecule has 2 saturated heterocycles. The van der Waals surface area contributed by atoms with Crippen LogP contribution in [0, 0.1) is 29.6 Å². The van der Waals surface area contributed by atoms with Crippen molar-refractivity contribution in [1.82, 2.24) is 26.2 Å². The molecule has 3 aliphatic carbocycles. The Labute approximate surface area is 515 Å². The van der Waals surface area contributed by atoms with Gasteiger partial charge in [0.15, 0.2) is 28.9 Å². The molecule has 3 aliphatic heterocycles. The molecular formula is C65H76N8O14S. The minimum atomic E-state index is -1.71. The standard InChI is InChI=1S/C65H76N8O14S/c1-37(2)55(72-51(77)23-15-10-16-31-73-52(78)34-48(61(73)83)88-42-18-11-6-4-5-7-12-19-42)60(82)70-46(20-17-30-67-62(66)84)59(81)69-41-27-24-39(25-28-41)36-86-63(85)68-35-40-26-29-43-44(32-40)58(80)53-47(75)33-45-56(54(53)57(43)79)71-49-21-13-8-9-14-22-50(76)65(45)64(49,87-65)38(3)74/h8-9,24-29,32-33,37-38,42,46,48-50,55,71,74-76H,4-7,10-12,15-20,23,30-31,34-36H2,1-3H3,(H,68,85)(H,69,81)(H,70,82)(H,72,77)(H3,66,67,84)/b9-8-/t38-,46+,48?,49+,50-,55+,64+,65+/m1/s1. The number of aliphatic hydroxyl groups is 2. The van der Waals surface area contributed by atoms with E-state index in [-0.39, 0.29) is 108 Å². The average Bonchev–Trinajstić information content (AvgIpc) is 1.47. The normalized spacial score (nSPS) is 23.1. The molecule has 466 valence electrons. The van der Waals surface area contributed by atoms with Crippen molar-refractivity contribution >= 4 is 76.4 Å². The number of nitrogens with two attached hydrogens (primary N) is 1. The Morgan fingerprint density at radius 3 is 2.23 bits per heavy atom. The van der Waals surface area contributed by atoms with Crippen molar-refractivity contribution in [3.63, 3.8) is 0 Å². The number of fused-ring (bicyclic) bond motifs is 4. The molecule has 2 bridgehead atoms. The molecule has 1 unspecified atom stereocenters. The number of ether oxygens (including phenoxy) is 2. The summed E-state index contributed by atoms with van der Waals surface area (Å²) in [6.07, 6.45) is 11.1. The van der Waals surface area contributed by atoms with Crippen LogP contribution in [0.5, 0.6) is 5.75 Å². The number of nitrogens with zero attached hydrogens (tertiary/aromatic N) is 1. The summed E-state index contributed by atoms with van der Waals surface area (Å²) in [5, 5.41) is 50.7. The number of carbonyl (C=O) groups is 9. The van der Waals surface area contributed by atoms with Crippen molar-refractivity contribution in [2.24, 2.45) is 11.7 Å². The number of amides is 8. The van der Waals surface area contributed by atoms with Crippen molar-refractivity contribution in [2.45, 2.75) is 182 Å². The number of alkyl carbamates (subject to hydrolysis) is 1. The summed E-state index contributed by atoms with van der Waals surface area (Å²) in [6, 6.07) is 8.23. The smallest absolute Gasteiger partial charge is 0.407 e. The number of aliphatic hydroxyl groups excluding tert-OH is 2. The van der Waals surface area contributed by atoms with Crippen LogP contribution in [0.2, 0.25) is 0 Å². The first kappa shape index (κ1) is 64.3. The number of unbranched alkanes of at least 4 members (excludes halogenated alkanes) is 2. The molecule has 0 spiro atoms. The second-order valence-corrected chi connectivity index (χ2v) is 25.1. The van der Waals surface area contributed by atoms with E-state index in [4.69, 9.17) is 15.2 Å². The maximum absolute atomic E-state index is 14.4. The fourth-order valence-corrected chi connectivity index (χ4v) is 14.0. The lowest BCUT2D eigenvalue weighted by Crippen LogP contribution is -2.54. The van der Waals surface area contributed by atoms with Gasteiger partial charge >= 0.3 is 12.1 Å². The van der Waals surface area contributed by atoms with E-state index in [0.717, 1.165) is 25.7 Å². The van der Waals surface area contributed by atoms with E-state index in [2.05, 4.69) is 55.6 Å². The molecule has 6 aliphatic rings. The third-order valence-electron chi connectivity index (χ3n) is 17.1. The van der Waals surface area contributed by atoms with E-state index in [9.17, 15) is 58.5 Å². The van der Waals surface area contributed by atoms with Crippen LogP contribution in [0.25, 0.3) is 0 Å². The van der Waals surface area contributed by atoms with Gasteiger partial charge in [-0.3, -0.25) is 38.5 Å². The predicted octanol–water partition coefficient (Wildman–Crippen LogP) is 5.61. The Kier molecular flexibility index (Phi) is 20.7. The Balaban J connectivity index is 0.743. The van der Waals surface area contributed by atoms with Crippen molar-refractivity contribution in [3.8, 4) is 29.4 Å². The number of aromatic hydroxyl groups is 1. The number of hydrogen-bond acceptors (Lipinski definition) is 16. The highest BCUT2D eigenvalue weighted by atomic mass is 32.2. The van der Waals surface area contributed by atoms with Gasteiger partial charge in [0.25, 0.3) is 0 Å². The maximum Gasteiger partial charge on any atom is 0.407 e. The summed E-state index contributed by atoms with van der Waals surface area (Å²) in [7, 11) is 0. The number of likely N-dealkylation sites (tertiary alicyclic amines) is 1. The van der Waals surface area contributed by atoms with Crippen molar-refractivity contribution in [3.05, 3.63) is 99.6 Å². The number of primary amides is 1. The highest BCUT2D eigenvalue weighted by Crippen LogP contribution is 2.67. The Morgan fingerprint density at radius 1 is 0.830 bits per heavy atom. The molecule has 3 aromatic carbocycles. The Morgan fingerprint density at radius 2 is 1.52 bits per heavy atom. The summed E-state index contributed by atoms with van der Waals surface area (Å²) in [5.41, 5.74) is 3.13. The van der Waals surface area contributed by atoms with Gasteiger partial charge in [-0.15, -0.1) is 11.8 Å². The van der Waals surface area contributed by atoms with Gasteiger partial charge in [-0.1, -0.05) is 101 Å². The van der Waals surface area contributed by atoms with Gasteiger partial charge in [0, 0.05) is 60.1 Å². The van der Waals surface area contributed by atoms with E-state index in [1.54, 1.807) is 55.9 Å². The first-order valence-electron chi connectivity index (χ1n) is 30.3. The second kappa shape index (κ2) is 28.3. The first-order chi connectivity index (χ1) is 42.2. The molecule has 3 aromatic rings. The van der Waals surface area contributed by atoms with Gasteiger partial charge in [0.1, 0.15) is 30.5 Å². The topological polar surface area (TPSA) is 338 Å². The summed E-state index contributed by atoms with van der Waals surface area (Å²) < 4.78 is 11.7. The number of phenolic OH excluding ortho intramolecular Hbond substituents is 1. The van der Waals surface area contributed by atoms with Gasteiger partial charge in [-0.25, -0.2) is 9.59 Å². The summed E-state index contributed by atoms with van der Waals surface area (Å²) in [4.78, 5) is 121.